The van der Waals surface area contributed by atoms with Gasteiger partial charge in [0, 0.05) is 19.4 Å². The molecule has 26 heavy (non-hydrogen) atoms. The van der Waals surface area contributed by atoms with Gasteiger partial charge in [0.25, 0.3) is 0 Å². The standard InChI is InChI=1S/C17H17N7O2/c1-2-14(26-5-1)16-21-13-9-18-23-15(13)17(22-16)20-11-8-19-24(10-11)12-3-6-25-7-4-12/h1-2,5,8-10,12H,3-4,6-7H2,(H,18,23)(H,20,21,22). The first-order chi connectivity index (χ1) is 12.9. The first kappa shape index (κ1) is 15.1. The fourth-order valence-electron chi connectivity index (χ4n) is 3.13. The number of fused-ring (bicyclic) bond motifs is 1. The van der Waals surface area contributed by atoms with Crippen molar-refractivity contribution in [3.8, 4) is 11.6 Å². The number of anilines is 2. The van der Waals surface area contributed by atoms with E-state index in [2.05, 4.69) is 30.6 Å². The number of furan rings is 1. The van der Waals surface area contributed by atoms with Gasteiger partial charge in [-0.05, 0) is 25.0 Å². The van der Waals surface area contributed by atoms with Crippen LogP contribution in [0.2, 0.25) is 0 Å². The summed E-state index contributed by atoms with van der Waals surface area (Å²) in [5.74, 6) is 1.74. The van der Waals surface area contributed by atoms with Crippen molar-refractivity contribution in [2.45, 2.75) is 18.9 Å². The number of hydrogen-bond acceptors (Lipinski definition) is 7. The van der Waals surface area contributed by atoms with Crippen LogP contribution < -0.4 is 5.32 Å². The molecule has 9 nitrogen and oxygen atoms in total. The summed E-state index contributed by atoms with van der Waals surface area (Å²) in [5.41, 5.74) is 2.31. The monoisotopic (exact) mass is 351 g/mol. The lowest BCUT2D eigenvalue weighted by atomic mass is 10.1. The molecule has 5 heterocycles. The van der Waals surface area contributed by atoms with E-state index in [1.54, 1.807) is 18.7 Å². The van der Waals surface area contributed by atoms with Crippen molar-refractivity contribution >= 4 is 22.5 Å². The Bertz CT molecular complexity index is 1020. The summed E-state index contributed by atoms with van der Waals surface area (Å²) < 4.78 is 12.8. The number of aromatic amines is 1. The molecule has 0 amide bonds. The SMILES string of the molecule is c1coc(-c2nc(Nc3cnn(C4CCOCC4)c3)c3[nH]ncc3n2)c1. The van der Waals surface area contributed by atoms with Crippen LogP contribution >= 0.6 is 0 Å². The zero-order chi connectivity index (χ0) is 17.3. The van der Waals surface area contributed by atoms with Gasteiger partial charge >= 0.3 is 0 Å². The number of nitrogens with one attached hydrogen (secondary N) is 2. The van der Waals surface area contributed by atoms with Crippen LogP contribution in [0.5, 0.6) is 0 Å². The van der Waals surface area contributed by atoms with Gasteiger partial charge in [-0.25, -0.2) is 9.97 Å². The van der Waals surface area contributed by atoms with Gasteiger partial charge in [-0.15, -0.1) is 0 Å². The van der Waals surface area contributed by atoms with Crippen LogP contribution in [0.15, 0.2) is 41.4 Å². The highest BCUT2D eigenvalue weighted by Gasteiger charge is 2.18. The predicted octanol–water partition coefficient (Wildman–Crippen LogP) is 2.90. The van der Waals surface area contributed by atoms with Crippen LogP contribution in [0.3, 0.4) is 0 Å². The van der Waals surface area contributed by atoms with Crippen molar-refractivity contribution in [3.63, 3.8) is 0 Å². The lowest BCUT2D eigenvalue weighted by Crippen LogP contribution is -2.19. The molecule has 132 valence electrons. The average molecular weight is 351 g/mol. The number of nitrogens with zero attached hydrogens (tertiary/aromatic N) is 5. The summed E-state index contributed by atoms with van der Waals surface area (Å²) in [5, 5.41) is 14.8. The van der Waals surface area contributed by atoms with Crippen LogP contribution in [0.4, 0.5) is 11.5 Å². The summed E-state index contributed by atoms with van der Waals surface area (Å²) in [6.45, 7) is 1.56. The van der Waals surface area contributed by atoms with Crippen molar-refractivity contribution in [1.82, 2.24) is 29.9 Å². The molecular formula is C17H17N7O2. The molecule has 1 fully saturated rings. The van der Waals surface area contributed by atoms with Crippen molar-refractivity contribution in [3.05, 3.63) is 37.0 Å². The van der Waals surface area contributed by atoms with E-state index in [9.17, 15) is 0 Å². The molecule has 4 aromatic rings. The summed E-state index contributed by atoms with van der Waals surface area (Å²) in [6, 6.07) is 4.01. The van der Waals surface area contributed by atoms with E-state index in [4.69, 9.17) is 9.15 Å². The van der Waals surface area contributed by atoms with Crippen LogP contribution in [0, 0.1) is 0 Å². The second-order valence-electron chi connectivity index (χ2n) is 6.18. The molecule has 0 atom stereocenters. The first-order valence-electron chi connectivity index (χ1n) is 8.51. The first-order valence-corrected chi connectivity index (χ1v) is 8.51. The van der Waals surface area contributed by atoms with Crippen molar-refractivity contribution in [2.75, 3.05) is 18.5 Å². The van der Waals surface area contributed by atoms with E-state index < -0.39 is 0 Å². The van der Waals surface area contributed by atoms with Crippen LogP contribution in [0.1, 0.15) is 18.9 Å². The number of ether oxygens (including phenoxy) is 1. The molecule has 1 aliphatic rings. The molecule has 0 saturated carbocycles. The van der Waals surface area contributed by atoms with Crippen LogP contribution in [-0.4, -0.2) is 43.2 Å². The average Bonchev–Trinajstić information content (AvgIpc) is 3.43. The molecule has 1 aliphatic heterocycles. The highest BCUT2D eigenvalue weighted by atomic mass is 16.5. The van der Waals surface area contributed by atoms with Gasteiger partial charge in [-0.3, -0.25) is 9.78 Å². The Morgan fingerprint density at radius 2 is 2.12 bits per heavy atom. The van der Waals surface area contributed by atoms with E-state index in [1.165, 1.54) is 0 Å². The van der Waals surface area contributed by atoms with Crippen molar-refractivity contribution in [2.24, 2.45) is 0 Å². The molecule has 0 unspecified atom stereocenters. The van der Waals surface area contributed by atoms with Crippen LogP contribution in [0.25, 0.3) is 22.6 Å². The largest absolute Gasteiger partial charge is 0.461 e. The molecule has 2 N–H and O–H groups in total. The van der Waals surface area contributed by atoms with Gasteiger partial charge in [0.15, 0.2) is 17.4 Å². The summed E-state index contributed by atoms with van der Waals surface area (Å²) in [6.07, 6.45) is 9.01. The van der Waals surface area contributed by atoms with Crippen molar-refractivity contribution in [1.29, 1.82) is 0 Å². The minimum absolute atomic E-state index is 0.371. The van der Waals surface area contributed by atoms with Crippen molar-refractivity contribution < 1.29 is 9.15 Å². The van der Waals surface area contributed by atoms with Gasteiger partial charge in [0.2, 0.25) is 0 Å². The molecule has 0 bridgehead atoms. The Morgan fingerprint density at radius 3 is 2.96 bits per heavy atom. The lowest BCUT2D eigenvalue weighted by Gasteiger charge is -2.22. The maximum atomic E-state index is 5.42. The Hall–Kier alpha value is -3.20. The molecule has 9 heteroatoms. The quantitative estimate of drug-likeness (QED) is 0.582. The predicted molar refractivity (Wildman–Crippen MR) is 94.0 cm³/mol. The fraction of sp³-hybridized carbons (Fsp3) is 0.294. The lowest BCUT2D eigenvalue weighted by molar-refractivity contribution is 0.0662. The zero-order valence-corrected chi connectivity index (χ0v) is 13.9. The highest BCUT2D eigenvalue weighted by Crippen LogP contribution is 2.27. The molecule has 5 rings (SSSR count). The molecule has 0 aromatic carbocycles. The second kappa shape index (κ2) is 6.26. The number of hydrogen-bond donors (Lipinski definition) is 2. The Labute approximate surface area is 148 Å². The minimum Gasteiger partial charge on any atom is -0.461 e. The zero-order valence-electron chi connectivity index (χ0n) is 13.9. The van der Waals surface area contributed by atoms with Gasteiger partial charge in [-0.2, -0.15) is 10.2 Å². The van der Waals surface area contributed by atoms with Crippen LogP contribution in [-0.2, 0) is 4.74 Å². The van der Waals surface area contributed by atoms with E-state index in [0.29, 0.717) is 29.0 Å². The third-order valence-corrected chi connectivity index (χ3v) is 4.47. The van der Waals surface area contributed by atoms with E-state index >= 15 is 0 Å². The molecule has 0 spiro atoms. The molecule has 1 saturated heterocycles. The number of aromatic nitrogens is 6. The second-order valence-corrected chi connectivity index (χ2v) is 6.18. The number of H-pyrrole nitrogens is 1. The Morgan fingerprint density at radius 1 is 1.19 bits per heavy atom. The molecular weight excluding hydrogens is 334 g/mol. The fourth-order valence-corrected chi connectivity index (χ4v) is 3.13. The Kier molecular flexibility index (Phi) is 3.64. The third kappa shape index (κ3) is 2.72. The normalized spacial score (nSPS) is 15.5. The Balaban J connectivity index is 1.47. The summed E-state index contributed by atoms with van der Waals surface area (Å²) in [7, 11) is 0. The molecule has 0 aliphatic carbocycles. The summed E-state index contributed by atoms with van der Waals surface area (Å²) in [4.78, 5) is 9.07. The van der Waals surface area contributed by atoms with E-state index in [1.807, 2.05) is 23.0 Å². The van der Waals surface area contributed by atoms with E-state index in [0.717, 1.165) is 37.3 Å². The minimum atomic E-state index is 0.371. The maximum absolute atomic E-state index is 5.42. The topological polar surface area (TPSA) is 107 Å². The molecule has 4 aromatic heterocycles. The molecule has 0 radical (unpaired) electrons. The smallest absolute Gasteiger partial charge is 0.198 e. The number of rotatable bonds is 4. The highest BCUT2D eigenvalue weighted by molar-refractivity contribution is 5.88. The van der Waals surface area contributed by atoms with Gasteiger partial charge in [0.05, 0.1) is 30.4 Å². The maximum Gasteiger partial charge on any atom is 0.198 e. The van der Waals surface area contributed by atoms with Gasteiger partial charge in [0.1, 0.15) is 11.0 Å². The van der Waals surface area contributed by atoms with Gasteiger partial charge < -0.3 is 14.5 Å². The third-order valence-electron chi connectivity index (χ3n) is 4.47. The van der Waals surface area contributed by atoms with Gasteiger partial charge in [-0.1, -0.05) is 0 Å². The van der Waals surface area contributed by atoms with E-state index in [-0.39, 0.29) is 0 Å². The summed E-state index contributed by atoms with van der Waals surface area (Å²) >= 11 is 0.